The number of rotatable bonds is 5. The van der Waals surface area contributed by atoms with Gasteiger partial charge in [-0.3, -0.25) is 14.5 Å². The van der Waals surface area contributed by atoms with Gasteiger partial charge in [0.2, 0.25) is 0 Å². The average molecular weight is 288 g/mol. The molecule has 2 rings (SSSR count). The molecule has 0 aliphatic heterocycles. The highest BCUT2D eigenvalue weighted by Gasteiger charge is 2.24. The van der Waals surface area contributed by atoms with Crippen LogP contribution in [0.2, 0.25) is 0 Å². The Kier molecular flexibility index (Phi) is 4.37. The van der Waals surface area contributed by atoms with Crippen LogP contribution in [0.15, 0.2) is 40.9 Å². The van der Waals surface area contributed by atoms with E-state index in [2.05, 4.69) is 5.16 Å². The summed E-state index contributed by atoms with van der Waals surface area (Å²) in [6, 6.07) is 10.2. The third kappa shape index (κ3) is 3.47. The minimum absolute atomic E-state index is 0.101. The number of aromatic nitrogens is 1. The highest BCUT2D eigenvalue weighted by molar-refractivity contribution is 6.06. The number of nitrogens with zero attached hydrogens (tertiary/aromatic N) is 2. The van der Waals surface area contributed by atoms with Crippen molar-refractivity contribution in [2.24, 2.45) is 0 Å². The van der Waals surface area contributed by atoms with E-state index in [1.807, 2.05) is 13.8 Å². The Hall–Kier alpha value is -2.63. The van der Waals surface area contributed by atoms with Crippen LogP contribution in [-0.2, 0) is 4.79 Å². The fraction of sp³-hybridized carbons (Fsp3) is 0.267. The number of amides is 1. The molecule has 110 valence electrons. The van der Waals surface area contributed by atoms with E-state index < -0.39 is 18.4 Å². The Morgan fingerprint density at radius 2 is 1.95 bits per heavy atom. The summed E-state index contributed by atoms with van der Waals surface area (Å²) in [7, 11) is 0. The molecule has 0 saturated carbocycles. The second-order valence-corrected chi connectivity index (χ2v) is 4.89. The molecule has 1 aromatic heterocycles. The predicted molar refractivity (Wildman–Crippen MR) is 76.3 cm³/mol. The van der Waals surface area contributed by atoms with Crippen LogP contribution in [0.25, 0.3) is 0 Å². The Labute approximate surface area is 122 Å². The van der Waals surface area contributed by atoms with Gasteiger partial charge >= 0.3 is 5.97 Å². The summed E-state index contributed by atoms with van der Waals surface area (Å²) in [5.74, 6) is -0.913. The number of aliphatic carboxylic acids is 1. The zero-order valence-electron chi connectivity index (χ0n) is 11.8. The molecule has 0 aliphatic rings. The van der Waals surface area contributed by atoms with E-state index in [9.17, 15) is 9.59 Å². The third-order valence-corrected chi connectivity index (χ3v) is 2.92. The Bertz CT molecular complexity index is 634. The molecule has 2 aromatic rings. The molecule has 0 aliphatic carbocycles. The highest BCUT2D eigenvalue weighted by atomic mass is 16.5. The number of anilines is 1. The molecule has 1 aromatic carbocycles. The van der Waals surface area contributed by atoms with Crippen molar-refractivity contribution in [3.05, 3.63) is 47.9 Å². The SMILES string of the molecule is CC(C)c1cc(C(=O)N(CC(=O)O)c2ccccc2)no1. The maximum absolute atomic E-state index is 12.5. The van der Waals surface area contributed by atoms with Gasteiger partial charge in [0, 0.05) is 17.7 Å². The summed E-state index contributed by atoms with van der Waals surface area (Å²) in [5.41, 5.74) is 0.600. The lowest BCUT2D eigenvalue weighted by Gasteiger charge is -2.19. The van der Waals surface area contributed by atoms with Gasteiger partial charge in [-0.1, -0.05) is 37.2 Å². The summed E-state index contributed by atoms with van der Waals surface area (Å²) in [5, 5.41) is 12.7. The molecule has 6 nitrogen and oxygen atoms in total. The van der Waals surface area contributed by atoms with E-state index in [0.717, 1.165) is 4.90 Å². The van der Waals surface area contributed by atoms with Crippen molar-refractivity contribution in [3.63, 3.8) is 0 Å². The molecule has 21 heavy (non-hydrogen) atoms. The summed E-state index contributed by atoms with van der Waals surface area (Å²) in [6.07, 6.45) is 0. The van der Waals surface area contributed by atoms with Gasteiger partial charge in [-0.15, -0.1) is 0 Å². The van der Waals surface area contributed by atoms with Crippen LogP contribution < -0.4 is 4.90 Å². The third-order valence-electron chi connectivity index (χ3n) is 2.92. The first kappa shape index (κ1) is 14.8. The maximum Gasteiger partial charge on any atom is 0.323 e. The minimum Gasteiger partial charge on any atom is -0.480 e. The first-order chi connectivity index (χ1) is 9.99. The number of hydrogen-bond acceptors (Lipinski definition) is 4. The lowest BCUT2D eigenvalue weighted by molar-refractivity contribution is -0.135. The average Bonchev–Trinajstić information content (AvgIpc) is 2.95. The van der Waals surface area contributed by atoms with Gasteiger partial charge in [-0.2, -0.15) is 0 Å². The van der Waals surface area contributed by atoms with Gasteiger partial charge in [-0.05, 0) is 12.1 Å². The summed E-state index contributed by atoms with van der Waals surface area (Å²) >= 11 is 0. The van der Waals surface area contributed by atoms with E-state index >= 15 is 0 Å². The number of carboxylic acids is 1. The molecule has 1 amide bonds. The molecule has 1 heterocycles. The Balaban J connectivity index is 2.31. The number of para-hydroxylation sites is 1. The largest absolute Gasteiger partial charge is 0.480 e. The van der Waals surface area contributed by atoms with Crippen molar-refractivity contribution in [1.82, 2.24) is 5.16 Å². The Morgan fingerprint density at radius 3 is 2.48 bits per heavy atom. The quantitative estimate of drug-likeness (QED) is 0.914. The van der Waals surface area contributed by atoms with Crippen LogP contribution in [0.1, 0.15) is 36.0 Å². The number of carbonyl (C=O) groups is 2. The molecule has 0 fully saturated rings. The fourth-order valence-electron chi connectivity index (χ4n) is 1.82. The first-order valence-electron chi connectivity index (χ1n) is 6.54. The standard InChI is InChI=1S/C15H16N2O4/c1-10(2)13-8-12(16-21-13)15(20)17(9-14(18)19)11-6-4-3-5-7-11/h3-8,10H,9H2,1-2H3,(H,18,19). The van der Waals surface area contributed by atoms with Gasteiger partial charge in [-0.25, -0.2) is 0 Å². The molecule has 1 N–H and O–H groups in total. The van der Waals surface area contributed by atoms with Crippen molar-refractivity contribution in [2.45, 2.75) is 19.8 Å². The summed E-state index contributed by atoms with van der Waals surface area (Å²) in [4.78, 5) is 24.6. The lowest BCUT2D eigenvalue weighted by atomic mass is 10.1. The number of hydrogen-bond donors (Lipinski definition) is 1. The van der Waals surface area contributed by atoms with E-state index in [4.69, 9.17) is 9.63 Å². The molecule has 6 heteroatoms. The van der Waals surface area contributed by atoms with E-state index in [0.29, 0.717) is 11.4 Å². The maximum atomic E-state index is 12.5. The lowest BCUT2D eigenvalue weighted by Crippen LogP contribution is -2.35. The van der Waals surface area contributed by atoms with Crippen LogP contribution in [0.3, 0.4) is 0 Å². The number of benzene rings is 1. The number of carboxylic acid groups (broad SMARTS) is 1. The van der Waals surface area contributed by atoms with Gasteiger partial charge in [0.1, 0.15) is 12.3 Å². The van der Waals surface area contributed by atoms with Crippen molar-refractivity contribution in [2.75, 3.05) is 11.4 Å². The second-order valence-electron chi connectivity index (χ2n) is 4.89. The molecule has 0 unspecified atom stereocenters. The second kappa shape index (κ2) is 6.21. The zero-order valence-corrected chi connectivity index (χ0v) is 11.8. The monoisotopic (exact) mass is 288 g/mol. The van der Waals surface area contributed by atoms with Crippen LogP contribution in [0.5, 0.6) is 0 Å². The van der Waals surface area contributed by atoms with Crippen molar-refractivity contribution in [3.8, 4) is 0 Å². The van der Waals surface area contributed by atoms with E-state index in [1.165, 1.54) is 0 Å². The topological polar surface area (TPSA) is 83.6 Å². The number of carbonyl (C=O) groups excluding carboxylic acids is 1. The van der Waals surface area contributed by atoms with E-state index in [-0.39, 0.29) is 11.6 Å². The van der Waals surface area contributed by atoms with Crippen LogP contribution in [0, 0.1) is 0 Å². The van der Waals surface area contributed by atoms with Gasteiger partial charge < -0.3 is 9.63 Å². The summed E-state index contributed by atoms with van der Waals surface area (Å²) in [6.45, 7) is 3.40. The Morgan fingerprint density at radius 1 is 1.29 bits per heavy atom. The molecular weight excluding hydrogens is 272 g/mol. The van der Waals surface area contributed by atoms with Gasteiger partial charge in [0.25, 0.3) is 5.91 Å². The highest BCUT2D eigenvalue weighted by Crippen LogP contribution is 2.19. The molecule has 0 bridgehead atoms. The normalized spacial score (nSPS) is 10.6. The molecule has 0 spiro atoms. The molecular formula is C15H16N2O4. The smallest absolute Gasteiger partial charge is 0.323 e. The minimum atomic E-state index is -1.10. The van der Waals surface area contributed by atoms with Crippen LogP contribution >= 0.6 is 0 Å². The molecule has 0 radical (unpaired) electrons. The fourth-order valence-corrected chi connectivity index (χ4v) is 1.82. The van der Waals surface area contributed by atoms with E-state index in [1.54, 1.807) is 36.4 Å². The predicted octanol–water partition coefficient (Wildman–Crippen LogP) is 2.53. The van der Waals surface area contributed by atoms with Gasteiger partial charge in [0.15, 0.2) is 5.69 Å². The first-order valence-corrected chi connectivity index (χ1v) is 6.54. The van der Waals surface area contributed by atoms with Crippen molar-refractivity contribution in [1.29, 1.82) is 0 Å². The van der Waals surface area contributed by atoms with Crippen LogP contribution in [0.4, 0.5) is 5.69 Å². The van der Waals surface area contributed by atoms with Crippen molar-refractivity contribution < 1.29 is 19.2 Å². The zero-order chi connectivity index (χ0) is 15.4. The molecule has 0 saturated heterocycles. The van der Waals surface area contributed by atoms with Gasteiger partial charge in [0.05, 0.1) is 0 Å². The van der Waals surface area contributed by atoms with Crippen molar-refractivity contribution >= 4 is 17.6 Å². The van der Waals surface area contributed by atoms with Crippen LogP contribution in [-0.4, -0.2) is 28.7 Å². The molecule has 0 atom stereocenters. The summed E-state index contributed by atoms with van der Waals surface area (Å²) < 4.78 is 5.09.